The molecule has 65 valence electrons. The van der Waals surface area contributed by atoms with Crippen molar-refractivity contribution in [3.63, 3.8) is 0 Å². The van der Waals surface area contributed by atoms with Crippen molar-refractivity contribution in [1.82, 2.24) is 4.90 Å². The summed E-state index contributed by atoms with van der Waals surface area (Å²) in [6, 6.07) is 0.539. The van der Waals surface area contributed by atoms with E-state index in [1.807, 2.05) is 0 Å². The SMILES string of the molecule is CCN([C]=S)C(C)CC(C)C. The smallest absolute Gasteiger partial charge is 0.137 e. The molecule has 0 aromatic heterocycles. The molecule has 0 amide bonds. The molecule has 0 aliphatic carbocycles. The second-order valence-electron chi connectivity index (χ2n) is 3.36. The first-order valence-corrected chi connectivity index (χ1v) is 4.67. The lowest BCUT2D eigenvalue weighted by atomic mass is 10.0. The van der Waals surface area contributed by atoms with E-state index >= 15 is 0 Å². The van der Waals surface area contributed by atoms with E-state index in [0.717, 1.165) is 12.5 Å². The molecular weight excluding hydrogens is 154 g/mol. The highest BCUT2D eigenvalue weighted by atomic mass is 32.1. The van der Waals surface area contributed by atoms with Crippen LogP contribution in [0.25, 0.3) is 0 Å². The summed E-state index contributed by atoms with van der Waals surface area (Å²) in [5.74, 6) is 0.738. The molecule has 1 unspecified atom stereocenters. The average Bonchev–Trinajstić information content (AvgIpc) is 1.88. The molecule has 0 bridgehead atoms. The summed E-state index contributed by atoms with van der Waals surface area (Å²) < 4.78 is 0. The number of thiocarbonyl (C=S) groups is 1. The van der Waals surface area contributed by atoms with Crippen LogP contribution in [0.5, 0.6) is 0 Å². The lowest BCUT2D eigenvalue weighted by Gasteiger charge is -2.25. The van der Waals surface area contributed by atoms with Crippen LogP contribution in [-0.4, -0.2) is 23.0 Å². The zero-order valence-electron chi connectivity index (χ0n) is 7.92. The molecule has 0 aromatic carbocycles. The van der Waals surface area contributed by atoms with Gasteiger partial charge in [0, 0.05) is 12.6 Å². The molecule has 1 atom stereocenters. The molecule has 2 heteroatoms. The van der Waals surface area contributed by atoms with Gasteiger partial charge in [-0.25, -0.2) is 0 Å². The van der Waals surface area contributed by atoms with E-state index < -0.39 is 0 Å². The van der Waals surface area contributed by atoms with Crippen LogP contribution in [0.1, 0.15) is 34.1 Å². The Bertz CT molecular complexity index is 112. The van der Waals surface area contributed by atoms with Crippen molar-refractivity contribution in [2.45, 2.75) is 40.2 Å². The summed E-state index contributed by atoms with van der Waals surface area (Å²) in [7, 11) is 0. The number of hydrogen-bond donors (Lipinski definition) is 0. The summed E-state index contributed by atoms with van der Waals surface area (Å²) in [6.07, 6.45) is 1.19. The van der Waals surface area contributed by atoms with E-state index in [-0.39, 0.29) is 0 Å². The monoisotopic (exact) mass is 172 g/mol. The highest BCUT2D eigenvalue weighted by Gasteiger charge is 2.09. The van der Waals surface area contributed by atoms with Gasteiger partial charge in [-0.1, -0.05) is 26.1 Å². The summed E-state index contributed by atoms with van der Waals surface area (Å²) in [4.78, 5) is 2.08. The molecule has 0 rings (SSSR count). The van der Waals surface area contributed by atoms with E-state index in [0.29, 0.717) is 6.04 Å². The third-order valence-electron chi connectivity index (χ3n) is 1.80. The molecular formula is C9H18NS. The molecule has 1 radical (unpaired) electrons. The Labute approximate surface area is 75.8 Å². The maximum absolute atomic E-state index is 4.78. The Hall–Kier alpha value is -0.110. The summed E-state index contributed by atoms with van der Waals surface area (Å²) >= 11 is 4.78. The van der Waals surface area contributed by atoms with Crippen molar-refractivity contribution >= 4 is 17.7 Å². The topological polar surface area (TPSA) is 3.24 Å². The number of rotatable bonds is 5. The van der Waals surface area contributed by atoms with Gasteiger partial charge >= 0.3 is 0 Å². The van der Waals surface area contributed by atoms with Crippen LogP contribution in [0, 0.1) is 5.92 Å². The van der Waals surface area contributed by atoms with E-state index in [1.54, 1.807) is 0 Å². The van der Waals surface area contributed by atoms with Gasteiger partial charge in [-0.3, -0.25) is 0 Å². The fraction of sp³-hybridized carbons (Fsp3) is 0.889. The van der Waals surface area contributed by atoms with Gasteiger partial charge in [-0.2, -0.15) is 0 Å². The van der Waals surface area contributed by atoms with Gasteiger partial charge in [0.25, 0.3) is 0 Å². The van der Waals surface area contributed by atoms with Crippen LogP contribution in [-0.2, 0) is 0 Å². The number of hydrogen-bond acceptors (Lipinski definition) is 1. The van der Waals surface area contributed by atoms with E-state index in [1.165, 1.54) is 6.42 Å². The van der Waals surface area contributed by atoms with Gasteiger partial charge in [-0.05, 0) is 26.2 Å². The minimum Gasteiger partial charge on any atom is -0.358 e. The van der Waals surface area contributed by atoms with Crippen molar-refractivity contribution in [3.05, 3.63) is 0 Å². The number of nitrogens with zero attached hydrogens (tertiary/aromatic N) is 1. The Balaban J connectivity index is 3.78. The Morgan fingerprint density at radius 2 is 1.91 bits per heavy atom. The molecule has 0 fully saturated rings. The second kappa shape index (κ2) is 5.53. The zero-order chi connectivity index (χ0) is 8.85. The Morgan fingerprint density at radius 1 is 1.36 bits per heavy atom. The molecule has 0 aliphatic rings. The van der Waals surface area contributed by atoms with Gasteiger partial charge in [0.2, 0.25) is 0 Å². The molecule has 0 saturated heterocycles. The average molecular weight is 172 g/mol. The highest BCUT2D eigenvalue weighted by Crippen LogP contribution is 2.09. The highest BCUT2D eigenvalue weighted by molar-refractivity contribution is 7.78. The third kappa shape index (κ3) is 4.35. The summed E-state index contributed by atoms with van der Waals surface area (Å²) in [5.41, 5.74) is 2.77. The van der Waals surface area contributed by atoms with Crippen molar-refractivity contribution in [3.8, 4) is 0 Å². The van der Waals surface area contributed by atoms with E-state index in [2.05, 4.69) is 38.1 Å². The van der Waals surface area contributed by atoms with E-state index in [9.17, 15) is 0 Å². The van der Waals surface area contributed by atoms with Crippen LogP contribution < -0.4 is 0 Å². The maximum atomic E-state index is 4.78. The summed E-state index contributed by atoms with van der Waals surface area (Å²) in [5, 5.41) is 0. The van der Waals surface area contributed by atoms with Gasteiger partial charge in [0.15, 0.2) is 0 Å². The predicted octanol–water partition coefficient (Wildman–Crippen LogP) is 2.58. The van der Waals surface area contributed by atoms with Crippen molar-refractivity contribution < 1.29 is 0 Å². The predicted molar refractivity (Wildman–Crippen MR) is 53.9 cm³/mol. The molecule has 11 heavy (non-hydrogen) atoms. The van der Waals surface area contributed by atoms with Crippen LogP contribution in [0.3, 0.4) is 0 Å². The van der Waals surface area contributed by atoms with E-state index in [4.69, 9.17) is 12.2 Å². The Kier molecular flexibility index (Phi) is 5.47. The molecule has 0 aromatic rings. The molecule has 0 spiro atoms. The van der Waals surface area contributed by atoms with Gasteiger partial charge in [-0.15, -0.1) is 0 Å². The maximum Gasteiger partial charge on any atom is 0.137 e. The van der Waals surface area contributed by atoms with Crippen LogP contribution in [0.4, 0.5) is 0 Å². The first-order valence-electron chi connectivity index (χ1n) is 4.26. The van der Waals surface area contributed by atoms with Crippen LogP contribution >= 0.6 is 12.2 Å². The third-order valence-corrected chi connectivity index (χ3v) is 2.04. The minimum atomic E-state index is 0.539. The fourth-order valence-corrected chi connectivity index (χ4v) is 1.58. The van der Waals surface area contributed by atoms with Crippen LogP contribution in [0.2, 0.25) is 0 Å². The first-order chi connectivity index (χ1) is 5.11. The molecule has 0 aliphatic heterocycles. The van der Waals surface area contributed by atoms with Crippen molar-refractivity contribution in [2.75, 3.05) is 6.54 Å². The zero-order valence-corrected chi connectivity index (χ0v) is 8.74. The molecule has 0 N–H and O–H groups in total. The fourth-order valence-electron chi connectivity index (χ4n) is 1.28. The normalized spacial score (nSPS) is 13.2. The second-order valence-corrected chi connectivity index (χ2v) is 3.54. The standard InChI is InChI=1S/C9H18NS/c1-5-10(7-11)9(4)6-8(2)3/h8-9H,5-6H2,1-4H3. The van der Waals surface area contributed by atoms with Crippen molar-refractivity contribution in [1.29, 1.82) is 0 Å². The van der Waals surface area contributed by atoms with Gasteiger partial charge in [0.05, 0.1) is 0 Å². The van der Waals surface area contributed by atoms with Crippen LogP contribution in [0.15, 0.2) is 0 Å². The lowest BCUT2D eigenvalue weighted by Crippen LogP contribution is -2.31. The molecule has 1 nitrogen and oxygen atoms in total. The Morgan fingerprint density at radius 3 is 2.18 bits per heavy atom. The largest absolute Gasteiger partial charge is 0.358 e. The first kappa shape index (κ1) is 10.9. The molecule has 0 heterocycles. The lowest BCUT2D eigenvalue weighted by molar-refractivity contribution is 0.311. The summed E-state index contributed by atoms with van der Waals surface area (Å²) in [6.45, 7) is 9.73. The molecule has 0 saturated carbocycles. The minimum absolute atomic E-state index is 0.539. The quantitative estimate of drug-likeness (QED) is 0.463. The van der Waals surface area contributed by atoms with Crippen molar-refractivity contribution in [2.24, 2.45) is 5.92 Å². The van der Waals surface area contributed by atoms with Gasteiger partial charge in [0.1, 0.15) is 5.49 Å². The van der Waals surface area contributed by atoms with Gasteiger partial charge < -0.3 is 4.90 Å².